The van der Waals surface area contributed by atoms with Crippen molar-refractivity contribution in [1.82, 2.24) is 20.3 Å². The minimum atomic E-state index is -4.49. The maximum absolute atomic E-state index is 13.1. The summed E-state index contributed by atoms with van der Waals surface area (Å²) in [7, 11) is 0. The highest BCUT2D eigenvalue weighted by molar-refractivity contribution is 5.94. The smallest absolute Gasteiger partial charge is 0.416 e. The highest BCUT2D eigenvalue weighted by atomic mass is 19.4. The van der Waals surface area contributed by atoms with Crippen LogP contribution in [0.1, 0.15) is 39.7 Å². The molecular weight excluding hydrogens is 471 g/mol. The molecule has 0 fully saturated rings. The summed E-state index contributed by atoms with van der Waals surface area (Å²) in [6, 6.07) is 16.5. The Kier molecular flexibility index (Phi) is 6.74. The summed E-state index contributed by atoms with van der Waals surface area (Å²) >= 11 is 0. The Morgan fingerprint density at radius 2 is 1.89 bits per heavy atom. The standard InChI is InChI=1S/C26H20F3N5O2/c1-25(22-15-31-16-33-22,12-17-5-7-18(13-30)8-6-17)34-24(35)19-9-10-23(32-14-19)36-21-4-2-3-20(11-21)26(27,28)29/h2-11,14-16H,12H2,1H3,(H,31,33)(H,34,35). The topological polar surface area (TPSA) is 104 Å². The van der Waals surface area contributed by atoms with Crippen LogP contribution in [0.5, 0.6) is 11.6 Å². The number of rotatable bonds is 7. The number of pyridine rings is 1. The average Bonchev–Trinajstić information content (AvgIpc) is 3.41. The number of carbonyl (C=O) groups is 1. The first-order valence-corrected chi connectivity index (χ1v) is 10.8. The van der Waals surface area contributed by atoms with Crippen molar-refractivity contribution >= 4 is 5.91 Å². The Hall–Kier alpha value is -4.65. The van der Waals surface area contributed by atoms with Crippen LogP contribution in [0.2, 0.25) is 0 Å². The fourth-order valence-electron chi connectivity index (χ4n) is 3.62. The number of carbonyl (C=O) groups excluding carboxylic acids is 1. The van der Waals surface area contributed by atoms with Crippen LogP contribution in [0, 0.1) is 11.3 Å². The minimum Gasteiger partial charge on any atom is -0.439 e. The molecule has 36 heavy (non-hydrogen) atoms. The van der Waals surface area contributed by atoms with Crippen molar-refractivity contribution in [3.8, 4) is 17.7 Å². The van der Waals surface area contributed by atoms with Gasteiger partial charge in [-0.2, -0.15) is 18.4 Å². The van der Waals surface area contributed by atoms with Crippen LogP contribution in [0.3, 0.4) is 0 Å². The number of amides is 1. The Bertz CT molecular complexity index is 1380. The number of nitrogens with zero attached hydrogens (tertiary/aromatic N) is 3. The number of alkyl halides is 3. The van der Waals surface area contributed by atoms with Gasteiger partial charge in [-0.25, -0.2) is 9.97 Å². The van der Waals surface area contributed by atoms with Crippen LogP contribution in [-0.4, -0.2) is 20.9 Å². The van der Waals surface area contributed by atoms with Crippen molar-refractivity contribution in [1.29, 1.82) is 5.26 Å². The third-order valence-electron chi connectivity index (χ3n) is 5.51. The predicted octanol–water partition coefficient (Wildman–Crippen LogP) is 5.38. The van der Waals surface area contributed by atoms with Gasteiger partial charge in [0.25, 0.3) is 5.91 Å². The second-order valence-corrected chi connectivity index (χ2v) is 8.25. The number of benzene rings is 2. The van der Waals surface area contributed by atoms with Gasteiger partial charge in [-0.05, 0) is 48.9 Å². The lowest BCUT2D eigenvalue weighted by Crippen LogP contribution is -2.45. The summed E-state index contributed by atoms with van der Waals surface area (Å²) in [5, 5.41) is 12.0. The summed E-state index contributed by atoms with van der Waals surface area (Å²) in [5.74, 6) is -0.401. The van der Waals surface area contributed by atoms with Gasteiger partial charge >= 0.3 is 6.18 Å². The molecule has 1 atom stereocenters. The van der Waals surface area contributed by atoms with E-state index in [0.717, 1.165) is 17.7 Å². The first kappa shape index (κ1) is 24.5. The SMILES string of the molecule is CC(Cc1ccc(C#N)cc1)(NC(=O)c1ccc(Oc2cccc(C(F)(F)F)c2)nc1)c1cnc[nH]1. The number of nitrogens with one attached hydrogen (secondary N) is 2. The normalized spacial score (nSPS) is 12.9. The van der Waals surface area contributed by atoms with E-state index in [4.69, 9.17) is 10.00 Å². The first-order valence-electron chi connectivity index (χ1n) is 10.8. The second-order valence-electron chi connectivity index (χ2n) is 8.25. The quantitative estimate of drug-likeness (QED) is 0.362. The predicted molar refractivity (Wildman–Crippen MR) is 124 cm³/mol. The van der Waals surface area contributed by atoms with Gasteiger partial charge in [-0.1, -0.05) is 18.2 Å². The lowest BCUT2D eigenvalue weighted by atomic mass is 9.89. The third kappa shape index (κ3) is 5.70. The Labute approximate surface area is 204 Å². The summed E-state index contributed by atoms with van der Waals surface area (Å²) in [6.45, 7) is 1.84. The van der Waals surface area contributed by atoms with Crippen LogP contribution in [0.25, 0.3) is 0 Å². The van der Waals surface area contributed by atoms with Crippen LogP contribution in [0.15, 0.2) is 79.4 Å². The van der Waals surface area contributed by atoms with E-state index < -0.39 is 23.2 Å². The summed E-state index contributed by atoms with van der Waals surface area (Å²) in [4.78, 5) is 24.2. The number of aromatic amines is 1. The van der Waals surface area contributed by atoms with E-state index in [1.165, 1.54) is 36.8 Å². The first-order chi connectivity index (χ1) is 17.2. The van der Waals surface area contributed by atoms with Gasteiger partial charge < -0.3 is 15.0 Å². The van der Waals surface area contributed by atoms with E-state index in [-0.39, 0.29) is 17.2 Å². The Morgan fingerprint density at radius 3 is 2.50 bits per heavy atom. The molecule has 0 aliphatic heterocycles. The summed E-state index contributed by atoms with van der Waals surface area (Å²) < 4.78 is 44.2. The lowest BCUT2D eigenvalue weighted by molar-refractivity contribution is -0.137. The van der Waals surface area contributed by atoms with E-state index in [0.29, 0.717) is 17.7 Å². The number of imidazole rings is 1. The molecule has 2 aromatic heterocycles. The maximum atomic E-state index is 13.1. The van der Waals surface area contributed by atoms with Gasteiger partial charge in [0.2, 0.25) is 5.88 Å². The zero-order chi connectivity index (χ0) is 25.8. The number of hydrogen-bond donors (Lipinski definition) is 2. The number of hydrogen-bond acceptors (Lipinski definition) is 5. The number of nitriles is 1. The van der Waals surface area contributed by atoms with Crippen molar-refractivity contribution in [2.75, 3.05) is 0 Å². The molecule has 0 bridgehead atoms. The van der Waals surface area contributed by atoms with E-state index in [2.05, 4.69) is 26.3 Å². The van der Waals surface area contributed by atoms with Gasteiger partial charge in [0.1, 0.15) is 5.75 Å². The van der Waals surface area contributed by atoms with Crippen LogP contribution in [-0.2, 0) is 18.1 Å². The number of halogens is 3. The van der Waals surface area contributed by atoms with Gasteiger partial charge in [-0.15, -0.1) is 0 Å². The second kappa shape index (κ2) is 9.92. The largest absolute Gasteiger partial charge is 0.439 e. The molecule has 1 unspecified atom stereocenters. The molecule has 4 aromatic rings. The molecule has 4 rings (SSSR count). The Morgan fingerprint density at radius 1 is 1.11 bits per heavy atom. The molecule has 0 spiro atoms. The van der Waals surface area contributed by atoms with Crippen LogP contribution < -0.4 is 10.1 Å². The molecule has 182 valence electrons. The maximum Gasteiger partial charge on any atom is 0.416 e. The van der Waals surface area contributed by atoms with Gasteiger partial charge in [0.05, 0.1) is 46.5 Å². The van der Waals surface area contributed by atoms with Crippen molar-refractivity contribution < 1.29 is 22.7 Å². The highest BCUT2D eigenvalue weighted by Crippen LogP contribution is 2.32. The van der Waals surface area contributed by atoms with Gasteiger partial charge in [0.15, 0.2) is 0 Å². The van der Waals surface area contributed by atoms with E-state index in [1.807, 2.05) is 19.1 Å². The zero-order valence-electron chi connectivity index (χ0n) is 19.0. The molecule has 2 aromatic carbocycles. The van der Waals surface area contributed by atoms with Crippen LogP contribution >= 0.6 is 0 Å². The molecule has 0 saturated carbocycles. The molecule has 7 nitrogen and oxygen atoms in total. The third-order valence-corrected chi connectivity index (χ3v) is 5.51. The number of H-pyrrole nitrogens is 1. The Balaban J connectivity index is 1.50. The average molecular weight is 491 g/mol. The van der Waals surface area contributed by atoms with E-state index in [9.17, 15) is 18.0 Å². The highest BCUT2D eigenvalue weighted by Gasteiger charge is 2.32. The van der Waals surface area contributed by atoms with E-state index in [1.54, 1.807) is 18.3 Å². The van der Waals surface area contributed by atoms with E-state index >= 15 is 0 Å². The van der Waals surface area contributed by atoms with Crippen molar-refractivity contribution in [3.63, 3.8) is 0 Å². The number of ether oxygens (including phenoxy) is 1. The fraction of sp³-hybridized carbons (Fsp3) is 0.154. The molecule has 2 N–H and O–H groups in total. The minimum absolute atomic E-state index is 0.0243. The molecule has 0 aliphatic carbocycles. The summed E-state index contributed by atoms with van der Waals surface area (Å²) in [6.07, 6.45) is 0.339. The molecule has 0 aliphatic rings. The molecule has 0 radical (unpaired) electrons. The summed E-state index contributed by atoms with van der Waals surface area (Å²) in [5.41, 5.74) is 0.638. The van der Waals surface area contributed by atoms with Crippen molar-refractivity contribution in [2.45, 2.75) is 25.1 Å². The fourth-order valence-corrected chi connectivity index (χ4v) is 3.62. The van der Waals surface area contributed by atoms with Crippen molar-refractivity contribution in [3.05, 3.63) is 107 Å². The molecule has 0 saturated heterocycles. The molecule has 2 heterocycles. The van der Waals surface area contributed by atoms with Crippen LogP contribution in [0.4, 0.5) is 13.2 Å². The monoisotopic (exact) mass is 491 g/mol. The molecule has 1 amide bonds. The molecular formula is C26H20F3N5O2. The lowest BCUT2D eigenvalue weighted by Gasteiger charge is -2.30. The van der Waals surface area contributed by atoms with Crippen molar-refractivity contribution in [2.24, 2.45) is 0 Å². The van der Waals surface area contributed by atoms with Gasteiger partial charge in [-0.3, -0.25) is 4.79 Å². The zero-order valence-corrected chi connectivity index (χ0v) is 19.0. The number of aromatic nitrogens is 3. The van der Waals surface area contributed by atoms with Gasteiger partial charge in [0, 0.05) is 18.7 Å². The molecule has 10 heteroatoms.